The first-order valence-electron chi connectivity index (χ1n) is 6.32. The molecule has 0 spiro atoms. The molecule has 6 nitrogen and oxygen atoms in total. The smallest absolute Gasteiger partial charge is 0.214 e. The van der Waals surface area contributed by atoms with Gasteiger partial charge in [0.05, 0.1) is 18.5 Å². The molecule has 4 N–H and O–H groups in total. The summed E-state index contributed by atoms with van der Waals surface area (Å²) in [6.45, 7) is 3.77. The molecule has 0 aliphatic rings. The van der Waals surface area contributed by atoms with Crippen LogP contribution in [0.15, 0.2) is 30.3 Å². The fourth-order valence-corrected chi connectivity index (χ4v) is 2.64. The van der Waals surface area contributed by atoms with Crippen molar-refractivity contribution in [3.8, 4) is 0 Å². The molecule has 0 amide bonds. The van der Waals surface area contributed by atoms with Crippen molar-refractivity contribution in [2.45, 2.75) is 26.0 Å². The van der Waals surface area contributed by atoms with Crippen LogP contribution in [0, 0.1) is 5.41 Å². The van der Waals surface area contributed by atoms with E-state index in [1.807, 2.05) is 19.9 Å². The van der Waals surface area contributed by atoms with Crippen LogP contribution in [-0.2, 0) is 14.8 Å². The van der Waals surface area contributed by atoms with Gasteiger partial charge >= 0.3 is 0 Å². The zero-order valence-electron chi connectivity index (χ0n) is 11.7. The van der Waals surface area contributed by atoms with E-state index in [9.17, 15) is 8.42 Å². The number of nitrogens with one attached hydrogen (secondary N) is 2. The van der Waals surface area contributed by atoms with Crippen LogP contribution < -0.4 is 10.5 Å². The molecule has 20 heavy (non-hydrogen) atoms. The zero-order chi connectivity index (χ0) is 15.2. The average molecular weight is 299 g/mol. The quantitative estimate of drug-likeness (QED) is 0.492. The molecule has 0 fully saturated rings. The molecule has 1 rings (SSSR count). The Balaban J connectivity index is 2.73. The van der Waals surface area contributed by atoms with E-state index in [-0.39, 0.29) is 24.3 Å². The largest absolute Gasteiger partial charge is 0.386 e. The van der Waals surface area contributed by atoms with E-state index < -0.39 is 16.1 Å². The highest BCUT2D eigenvalue weighted by Gasteiger charge is 2.21. The van der Waals surface area contributed by atoms with E-state index in [1.54, 1.807) is 24.3 Å². The van der Waals surface area contributed by atoms with Gasteiger partial charge in [-0.15, -0.1) is 0 Å². The Morgan fingerprint density at radius 2 is 1.95 bits per heavy atom. The van der Waals surface area contributed by atoms with Gasteiger partial charge in [0.2, 0.25) is 10.0 Å². The molecule has 7 heteroatoms. The molecule has 0 aliphatic heterocycles. The van der Waals surface area contributed by atoms with Gasteiger partial charge in [-0.2, -0.15) is 0 Å². The van der Waals surface area contributed by atoms with Crippen molar-refractivity contribution >= 4 is 15.9 Å². The molecule has 0 radical (unpaired) electrons. The Bertz CT molecular complexity index is 529. The monoisotopic (exact) mass is 299 g/mol. The predicted octanol–water partition coefficient (Wildman–Crippen LogP) is 1.01. The zero-order valence-corrected chi connectivity index (χ0v) is 12.5. The van der Waals surface area contributed by atoms with E-state index in [2.05, 4.69) is 4.72 Å². The Morgan fingerprint density at radius 1 is 1.35 bits per heavy atom. The maximum absolute atomic E-state index is 12.0. The van der Waals surface area contributed by atoms with Crippen molar-refractivity contribution in [2.24, 2.45) is 5.73 Å². The third kappa shape index (κ3) is 5.68. The SMILES string of the molecule is CC(C)OCCS(=O)(=O)NC(C(=N)N)c1ccccc1. The number of amidine groups is 1. The van der Waals surface area contributed by atoms with E-state index in [4.69, 9.17) is 15.9 Å². The summed E-state index contributed by atoms with van der Waals surface area (Å²) in [5.41, 5.74) is 6.11. The Morgan fingerprint density at radius 3 is 2.45 bits per heavy atom. The van der Waals surface area contributed by atoms with Crippen LogP contribution in [-0.4, -0.2) is 32.7 Å². The first-order valence-corrected chi connectivity index (χ1v) is 7.97. The van der Waals surface area contributed by atoms with Crippen LogP contribution in [0.1, 0.15) is 25.5 Å². The lowest BCUT2D eigenvalue weighted by Crippen LogP contribution is -2.39. The van der Waals surface area contributed by atoms with Gasteiger partial charge in [-0.3, -0.25) is 5.41 Å². The highest BCUT2D eigenvalue weighted by molar-refractivity contribution is 7.89. The Hall–Kier alpha value is -1.44. The lowest BCUT2D eigenvalue weighted by Gasteiger charge is -2.18. The number of hydrogen-bond acceptors (Lipinski definition) is 4. The van der Waals surface area contributed by atoms with Gasteiger partial charge < -0.3 is 10.5 Å². The molecule has 1 aromatic rings. The number of ether oxygens (including phenoxy) is 1. The minimum Gasteiger partial charge on any atom is -0.386 e. The molecule has 0 heterocycles. The second-order valence-electron chi connectivity index (χ2n) is 4.66. The minimum absolute atomic E-state index is 0.0251. The summed E-state index contributed by atoms with van der Waals surface area (Å²) in [6.07, 6.45) is -0.0251. The van der Waals surface area contributed by atoms with Gasteiger partial charge in [-0.25, -0.2) is 13.1 Å². The van der Waals surface area contributed by atoms with Gasteiger partial charge in [0.15, 0.2) is 0 Å². The predicted molar refractivity (Wildman–Crippen MR) is 79.1 cm³/mol. The molecule has 0 bridgehead atoms. The molecule has 0 aromatic heterocycles. The topological polar surface area (TPSA) is 105 Å². The van der Waals surface area contributed by atoms with Crippen molar-refractivity contribution < 1.29 is 13.2 Å². The molecule has 112 valence electrons. The molecule has 1 atom stereocenters. The van der Waals surface area contributed by atoms with Crippen molar-refractivity contribution in [3.63, 3.8) is 0 Å². The van der Waals surface area contributed by atoms with Gasteiger partial charge in [-0.05, 0) is 19.4 Å². The average Bonchev–Trinajstić information content (AvgIpc) is 2.36. The van der Waals surface area contributed by atoms with Crippen LogP contribution >= 0.6 is 0 Å². The van der Waals surface area contributed by atoms with Gasteiger partial charge in [-0.1, -0.05) is 30.3 Å². The molecular formula is C13H21N3O3S. The second kappa shape index (κ2) is 7.37. The highest BCUT2D eigenvalue weighted by Crippen LogP contribution is 2.13. The summed E-state index contributed by atoms with van der Waals surface area (Å²) in [4.78, 5) is 0. The lowest BCUT2D eigenvalue weighted by atomic mass is 10.1. The van der Waals surface area contributed by atoms with Crippen LogP contribution in [0.4, 0.5) is 0 Å². The van der Waals surface area contributed by atoms with E-state index >= 15 is 0 Å². The number of nitrogens with two attached hydrogens (primary N) is 1. The summed E-state index contributed by atoms with van der Waals surface area (Å²) in [5.74, 6) is -0.411. The molecule has 1 unspecified atom stereocenters. The fraction of sp³-hybridized carbons (Fsp3) is 0.462. The first-order chi connectivity index (χ1) is 9.32. The summed E-state index contributed by atoms with van der Waals surface area (Å²) in [5, 5.41) is 7.53. The maximum Gasteiger partial charge on any atom is 0.214 e. The highest BCUT2D eigenvalue weighted by atomic mass is 32.2. The van der Waals surface area contributed by atoms with Crippen LogP contribution in [0.5, 0.6) is 0 Å². The van der Waals surface area contributed by atoms with Crippen LogP contribution in [0.3, 0.4) is 0 Å². The third-order valence-electron chi connectivity index (χ3n) is 2.54. The van der Waals surface area contributed by atoms with Crippen molar-refractivity contribution in [2.75, 3.05) is 12.4 Å². The summed E-state index contributed by atoms with van der Waals surface area (Å²) in [6, 6.07) is 7.94. The molecule has 0 aliphatic carbocycles. The molecular weight excluding hydrogens is 278 g/mol. The lowest BCUT2D eigenvalue weighted by molar-refractivity contribution is 0.0911. The van der Waals surface area contributed by atoms with Gasteiger partial charge in [0, 0.05) is 0 Å². The number of hydrogen-bond donors (Lipinski definition) is 3. The van der Waals surface area contributed by atoms with E-state index in [0.717, 1.165) is 0 Å². The Labute approximate surface area is 119 Å². The normalized spacial score (nSPS) is 13.3. The number of benzene rings is 1. The molecule has 1 aromatic carbocycles. The summed E-state index contributed by atoms with van der Waals surface area (Å²) < 4.78 is 31.6. The molecule has 0 saturated carbocycles. The number of sulfonamides is 1. The van der Waals surface area contributed by atoms with Crippen molar-refractivity contribution in [3.05, 3.63) is 35.9 Å². The fourth-order valence-electron chi connectivity index (χ4n) is 1.59. The van der Waals surface area contributed by atoms with E-state index in [0.29, 0.717) is 5.56 Å². The number of rotatable bonds is 8. The van der Waals surface area contributed by atoms with E-state index in [1.165, 1.54) is 0 Å². The first kappa shape index (κ1) is 16.6. The summed E-state index contributed by atoms with van der Waals surface area (Å²) >= 11 is 0. The third-order valence-corrected chi connectivity index (χ3v) is 3.84. The van der Waals surface area contributed by atoms with Crippen molar-refractivity contribution in [1.29, 1.82) is 5.41 Å². The van der Waals surface area contributed by atoms with Gasteiger partial charge in [0.1, 0.15) is 11.9 Å². The van der Waals surface area contributed by atoms with Crippen LogP contribution in [0.2, 0.25) is 0 Å². The van der Waals surface area contributed by atoms with Crippen molar-refractivity contribution in [1.82, 2.24) is 4.72 Å². The molecule has 0 saturated heterocycles. The van der Waals surface area contributed by atoms with Gasteiger partial charge in [0.25, 0.3) is 0 Å². The maximum atomic E-state index is 12.0. The Kier molecular flexibility index (Phi) is 6.12. The van der Waals surface area contributed by atoms with Crippen LogP contribution in [0.25, 0.3) is 0 Å². The standard InChI is InChI=1S/C13H21N3O3S/c1-10(2)19-8-9-20(17,18)16-12(13(14)15)11-6-4-3-5-7-11/h3-7,10,12,16H,8-9H2,1-2H3,(H3,14,15). The minimum atomic E-state index is -3.57. The second-order valence-corrected chi connectivity index (χ2v) is 6.53. The summed E-state index contributed by atoms with van der Waals surface area (Å²) in [7, 11) is -3.57.